The molecule has 1 heterocycles. The first-order valence-electron chi connectivity index (χ1n) is 6.90. The van der Waals surface area contributed by atoms with Crippen molar-refractivity contribution in [1.82, 2.24) is 0 Å². The van der Waals surface area contributed by atoms with E-state index in [9.17, 15) is 9.50 Å². The average Bonchev–Trinajstić information content (AvgIpc) is 3.13. The molecule has 1 fully saturated rings. The first-order valence-corrected chi connectivity index (χ1v) is 7.84. The second kappa shape index (κ2) is 5.54. The molecule has 2 aromatic rings. The number of hydrogen-bond acceptors (Lipinski definition) is 3. The number of nitrogens with zero attached hydrogens (tertiary/aromatic N) is 1. The molecule has 0 radical (unpaired) electrons. The molecule has 3 rings (SSSR count). The van der Waals surface area contributed by atoms with Crippen LogP contribution in [0.3, 0.4) is 0 Å². The highest BCUT2D eigenvalue weighted by molar-refractivity contribution is 7.07. The molecule has 1 aromatic heterocycles. The Kier molecular flexibility index (Phi) is 3.76. The van der Waals surface area contributed by atoms with Crippen molar-refractivity contribution < 1.29 is 9.50 Å². The first-order chi connectivity index (χ1) is 9.65. The molecule has 1 saturated carbocycles. The quantitative estimate of drug-likeness (QED) is 0.896. The van der Waals surface area contributed by atoms with Gasteiger partial charge in [-0.3, -0.25) is 0 Å². The third-order valence-corrected chi connectivity index (χ3v) is 4.40. The molecule has 0 bridgehead atoms. The molecular formula is C16H18FNOS. The fourth-order valence-corrected chi connectivity index (χ4v) is 3.16. The predicted molar refractivity (Wildman–Crippen MR) is 80.6 cm³/mol. The van der Waals surface area contributed by atoms with E-state index in [1.165, 1.54) is 30.5 Å². The maximum Gasteiger partial charge on any atom is 0.123 e. The molecule has 1 atom stereocenters. The summed E-state index contributed by atoms with van der Waals surface area (Å²) in [5.41, 5.74) is 2.89. The topological polar surface area (TPSA) is 23.5 Å². The van der Waals surface area contributed by atoms with Crippen molar-refractivity contribution >= 4 is 17.0 Å². The van der Waals surface area contributed by atoms with Crippen LogP contribution in [0.1, 0.15) is 37.0 Å². The maximum absolute atomic E-state index is 13.4. The normalized spacial score (nSPS) is 16.1. The van der Waals surface area contributed by atoms with Gasteiger partial charge in [0.25, 0.3) is 0 Å². The van der Waals surface area contributed by atoms with Gasteiger partial charge in [0.2, 0.25) is 0 Å². The maximum atomic E-state index is 13.4. The average molecular weight is 291 g/mol. The molecule has 1 N–H and O–H groups in total. The summed E-state index contributed by atoms with van der Waals surface area (Å²) in [5, 5.41) is 14.1. The fourth-order valence-electron chi connectivity index (χ4n) is 2.50. The van der Waals surface area contributed by atoms with Gasteiger partial charge in [0.1, 0.15) is 5.82 Å². The Labute approximate surface area is 122 Å². The summed E-state index contributed by atoms with van der Waals surface area (Å²) in [5.74, 6) is -0.295. The Balaban J connectivity index is 1.95. The van der Waals surface area contributed by atoms with Crippen molar-refractivity contribution in [3.63, 3.8) is 0 Å². The second-order valence-corrected chi connectivity index (χ2v) is 6.15. The van der Waals surface area contributed by atoms with Crippen LogP contribution < -0.4 is 4.90 Å². The zero-order valence-electron chi connectivity index (χ0n) is 11.4. The van der Waals surface area contributed by atoms with E-state index in [1.807, 2.05) is 0 Å². The van der Waals surface area contributed by atoms with E-state index in [2.05, 4.69) is 21.7 Å². The molecule has 4 heteroatoms. The molecule has 0 spiro atoms. The van der Waals surface area contributed by atoms with Crippen molar-refractivity contribution in [2.45, 2.75) is 38.5 Å². The van der Waals surface area contributed by atoms with E-state index in [0.717, 1.165) is 12.2 Å². The molecular weight excluding hydrogens is 273 g/mol. The molecule has 0 saturated heterocycles. The van der Waals surface area contributed by atoms with Gasteiger partial charge in [-0.2, -0.15) is 11.3 Å². The van der Waals surface area contributed by atoms with Crippen molar-refractivity contribution in [2.75, 3.05) is 4.90 Å². The van der Waals surface area contributed by atoms with Gasteiger partial charge < -0.3 is 10.0 Å². The number of rotatable bonds is 5. The highest BCUT2D eigenvalue weighted by Gasteiger charge is 2.31. The lowest BCUT2D eigenvalue weighted by Gasteiger charge is -2.28. The number of thiophene rings is 1. The van der Waals surface area contributed by atoms with Crippen LogP contribution in [0.15, 0.2) is 35.0 Å². The lowest BCUT2D eigenvalue weighted by molar-refractivity contribution is 0.199. The van der Waals surface area contributed by atoms with Gasteiger partial charge in [0.15, 0.2) is 0 Å². The summed E-state index contributed by atoms with van der Waals surface area (Å²) in [7, 11) is 0. The van der Waals surface area contributed by atoms with Crippen LogP contribution in [0.5, 0.6) is 0 Å². The molecule has 1 unspecified atom stereocenters. The number of aliphatic hydroxyl groups is 1. The number of hydrogen-bond donors (Lipinski definition) is 1. The summed E-state index contributed by atoms with van der Waals surface area (Å²) in [6.45, 7) is 2.51. The number of aliphatic hydroxyl groups excluding tert-OH is 1. The number of halogens is 1. The van der Waals surface area contributed by atoms with Crippen molar-refractivity contribution in [3.05, 3.63) is 52.0 Å². The molecule has 1 aliphatic rings. The summed E-state index contributed by atoms with van der Waals surface area (Å²) >= 11 is 1.69. The minimum Gasteiger partial charge on any atom is -0.389 e. The molecule has 1 aromatic carbocycles. The molecule has 20 heavy (non-hydrogen) atoms. The first kappa shape index (κ1) is 13.6. The minimum absolute atomic E-state index is 0.295. The van der Waals surface area contributed by atoms with Crippen molar-refractivity contribution in [3.8, 4) is 0 Å². The van der Waals surface area contributed by atoms with E-state index >= 15 is 0 Å². The minimum atomic E-state index is -0.663. The standard InChI is InChI=1S/C16H18FNOS/c1-11(19)15-8-13(17)2-5-16(15)18(14-3-4-14)9-12-6-7-20-10-12/h2,5-8,10-11,14,19H,3-4,9H2,1H3. The van der Waals surface area contributed by atoms with Gasteiger partial charge >= 0.3 is 0 Å². The summed E-state index contributed by atoms with van der Waals surface area (Å²) < 4.78 is 13.4. The van der Waals surface area contributed by atoms with Crippen LogP contribution in [0, 0.1) is 5.82 Å². The monoisotopic (exact) mass is 291 g/mol. The predicted octanol–water partition coefficient (Wildman–Crippen LogP) is 4.11. The Morgan fingerprint density at radius 3 is 2.80 bits per heavy atom. The highest BCUT2D eigenvalue weighted by atomic mass is 32.1. The van der Waals surface area contributed by atoms with Crippen molar-refractivity contribution in [2.24, 2.45) is 0 Å². The van der Waals surface area contributed by atoms with Gasteiger partial charge in [-0.1, -0.05) is 0 Å². The van der Waals surface area contributed by atoms with E-state index in [0.29, 0.717) is 11.6 Å². The van der Waals surface area contributed by atoms with Gasteiger partial charge in [-0.15, -0.1) is 0 Å². The van der Waals surface area contributed by atoms with Gasteiger partial charge in [-0.25, -0.2) is 4.39 Å². The van der Waals surface area contributed by atoms with Gasteiger partial charge in [0, 0.05) is 23.8 Å². The van der Waals surface area contributed by atoms with E-state index in [4.69, 9.17) is 0 Å². The summed E-state index contributed by atoms with van der Waals surface area (Å²) in [6.07, 6.45) is 1.67. The van der Waals surface area contributed by atoms with Crippen LogP contribution >= 0.6 is 11.3 Å². The van der Waals surface area contributed by atoms with Crippen molar-refractivity contribution in [1.29, 1.82) is 0 Å². The highest BCUT2D eigenvalue weighted by Crippen LogP contribution is 2.37. The van der Waals surface area contributed by atoms with Crippen LogP contribution in [-0.2, 0) is 6.54 Å². The zero-order chi connectivity index (χ0) is 14.1. The van der Waals surface area contributed by atoms with E-state index in [-0.39, 0.29) is 5.82 Å². The third-order valence-electron chi connectivity index (χ3n) is 3.67. The van der Waals surface area contributed by atoms with Gasteiger partial charge in [-0.05, 0) is 60.4 Å². The van der Waals surface area contributed by atoms with Crippen LogP contribution in [0.25, 0.3) is 0 Å². The van der Waals surface area contributed by atoms with Crippen LogP contribution in [0.2, 0.25) is 0 Å². The number of benzene rings is 1. The summed E-state index contributed by atoms with van der Waals surface area (Å²) in [4.78, 5) is 2.30. The molecule has 1 aliphatic carbocycles. The Bertz CT molecular complexity index is 578. The molecule has 106 valence electrons. The zero-order valence-corrected chi connectivity index (χ0v) is 12.2. The Morgan fingerprint density at radius 2 is 2.20 bits per heavy atom. The lowest BCUT2D eigenvalue weighted by atomic mass is 10.1. The largest absolute Gasteiger partial charge is 0.389 e. The summed E-state index contributed by atoms with van der Waals surface area (Å²) in [6, 6.07) is 7.35. The fraction of sp³-hybridized carbons (Fsp3) is 0.375. The Morgan fingerprint density at radius 1 is 1.40 bits per heavy atom. The molecule has 0 aliphatic heterocycles. The van der Waals surface area contributed by atoms with E-state index in [1.54, 1.807) is 24.3 Å². The Hall–Kier alpha value is -1.39. The van der Waals surface area contributed by atoms with Gasteiger partial charge in [0.05, 0.1) is 6.10 Å². The van der Waals surface area contributed by atoms with Crippen LogP contribution in [0.4, 0.5) is 10.1 Å². The third kappa shape index (κ3) is 2.86. The lowest BCUT2D eigenvalue weighted by Crippen LogP contribution is -2.26. The molecule has 0 amide bonds. The van der Waals surface area contributed by atoms with E-state index < -0.39 is 6.10 Å². The smallest absolute Gasteiger partial charge is 0.123 e. The number of anilines is 1. The second-order valence-electron chi connectivity index (χ2n) is 5.37. The molecule has 2 nitrogen and oxygen atoms in total. The van der Waals surface area contributed by atoms with Crippen LogP contribution in [-0.4, -0.2) is 11.1 Å². The SMILES string of the molecule is CC(O)c1cc(F)ccc1N(Cc1ccsc1)C1CC1.